The molecular formula is C21H21N7O3. The SMILES string of the molecule is Cc1cccc(-c2[nH]c(N)nc2-c2ccc3c(c2)c([N+](=O)[O-])nn3C2CCCCO2)n1. The smallest absolute Gasteiger partial charge is 0.369 e. The Morgan fingerprint density at radius 1 is 1.26 bits per heavy atom. The summed E-state index contributed by atoms with van der Waals surface area (Å²) in [4.78, 5) is 23.3. The fourth-order valence-corrected chi connectivity index (χ4v) is 4.01. The molecule has 10 nitrogen and oxygen atoms in total. The summed E-state index contributed by atoms with van der Waals surface area (Å²) in [6.07, 6.45) is 2.45. The monoisotopic (exact) mass is 419 g/mol. The number of nitrogens with zero attached hydrogens (tertiary/aromatic N) is 5. The van der Waals surface area contributed by atoms with Gasteiger partial charge in [-0.3, -0.25) is 4.98 Å². The summed E-state index contributed by atoms with van der Waals surface area (Å²) in [7, 11) is 0. The summed E-state index contributed by atoms with van der Waals surface area (Å²) >= 11 is 0. The Morgan fingerprint density at radius 3 is 2.87 bits per heavy atom. The number of aromatic amines is 1. The minimum absolute atomic E-state index is 0.204. The van der Waals surface area contributed by atoms with Gasteiger partial charge >= 0.3 is 5.82 Å². The summed E-state index contributed by atoms with van der Waals surface area (Å²) in [6, 6.07) is 11.1. The first kappa shape index (κ1) is 19.2. The molecule has 0 bridgehead atoms. The highest BCUT2D eigenvalue weighted by atomic mass is 16.6. The molecule has 3 aromatic heterocycles. The molecule has 5 rings (SSSR count). The number of aromatic nitrogens is 5. The second-order valence-corrected chi connectivity index (χ2v) is 7.59. The van der Waals surface area contributed by atoms with Gasteiger partial charge in [-0.15, -0.1) is 4.68 Å². The quantitative estimate of drug-likeness (QED) is 0.377. The van der Waals surface area contributed by atoms with Crippen LogP contribution in [0.15, 0.2) is 36.4 Å². The third kappa shape index (κ3) is 3.40. The van der Waals surface area contributed by atoms with Crippen molar-refractivity contribution in [1.29, 1.82) is 0 Å². The highest BCUT2D eigenvalue weighted by molar-refractivity contribution is 5.92. The maximum Gasteiger partial charge on any atom is 0.397 e. The van der Waals surface area contributed by atoms with E-state index in [0.717, 1.165) is 25.0 Å². The Hall–Kier alpha value is -3.79. The normalized spacial score (nSPS) is 16.6. The number of nitrogens with two attached hydrogens (primary N) is 1. The van der Waals surface area contributed by atoms with Gasteiger partial charge in [-0.25, -0.2) is 4.98 Å². The van der Waals surface area contributed by atoms with E-state index in [1.54, 1.807) is 10.7 Å². The number of hydrogen-bond acceptors (Lipinski definition) is 7. The molecule has 0 spiro atoms. The number of benzene rings is 1. The van der Waals surface area contributed by atoms with Gasteiger partial charge in [0.2, 0.25) is 0 Å². The zero-order valence-corrected chi connectivity index (χ0v) is 16.9. The summed E-state index contributed by atoms with van der Waals surface area (Å²) < 4.78 is 7.43. The van der Waals surface area contributed by atoms with Crippen LogP contribution in [-0.2, 0) is 4.74 Å². The topological polar surface area (TPSA) is 138 Å². The van der Waals surface area contributed by atoms with Crippen LogP contribution in [0.5, 0.6) is 0 Å². The Balaban J connectivity index is 1.66. The van der Waals surface area contributed by atoms with Crippen LogP contribution in [0.2, 0.25) is 0 Å². The number of aryl methyl sites for hydroxylation is 1. The number of hydrogen-bond donors (Lipinski definition) is 2. The van der Waals surface area contributed by atoms with E-state index in [-0.39, 0.29) is 18.0 Å². The molecule has 1 unspecified atom stereocenters. The molecule has 158 valence electrons. The summed E-state index contributed by atoms with van der Waals surface area (Å²) in [6.45, 7) is 2.53. The molecule has 10 heteroatoms. The van der Waals surface area contributed by atoms with Crippen molar-refractivity contribution in [2.75, 3.05) is 12.3 Å². The number of anilines is 1. The second-order valence-electron chi connectivity index (χ2n) is 7.59. The van der Waals surface area contributed by atoms with Crippen LogP contribution in [0.1, 0.15) is 31.2 Å². The van der Waals surface area contributed by atoms with Gasteiger partial charge in [0.25, 0.3) is 0 Å². The number of nitrogens with one attached hydrogen (secondary N) is 1. The van der Waals surface area contributed by atoms with Gasteiger partial charge < -0.3 is 25.6 Å². The van der Waals surface area contributed by atoms with E-state index in [9.17, 15) is 10.1 Å². The first-order valence-electron chi connectivity index (χ1n) is 10.1. The molecule has 3 N–H and O–H groups in total. The van der Waals surface area contributed by atoms with Gasteiger partial charge in [-0.2, -0.15) is 0 Å². The number of pyridine rings is 1. The molecule has 1 aliphatic heterocycles. The van der Waals surface area contributed by atoms with E-state index in [1.165, 1.54) is 0 Å². The van der Waals surface area contributed by atoms with Crippen molar-refractivity contribution in [2.24, 2.45) is 0 Å². The third-order valence-corrected chi connectivity index (χ3v) is 5.43. The van der Waals surface area contributed by atoms with Crippen molar-refractivity contribution in [3.63, 3.8) is 0 Å². The molecule has 0 aliphatic carbocycles. The molecule has 1 aliphatic rings. The standard InChI is InChI=1S/C21H21N7O3/c1-12-5-4-6-15(23-12)19-18(24-21(22)25-19)13-8-9-16-14(11-13)20(28(29)30)26-27(16)17-7-2-3-10-31-17/h4-6,8-9,11,17H,2-3,7,10H2,1H3,(H3,22,24,25). The summed E-state index contributed by atoms with van der Waals surface area (Å²) in [5.74, 6) is 0.0407. The number of rotatable bonds is 4. The van der Waals surface area contributed by atoms with Crippen LogP contribution in [0.4, 0.5) is 11.8 Å². The van der Waals surface area contributed by atoms with Crippen molar-refractivity contribution < 1.29 is 9.66 Å². The maximum absolute atomic E-state index is 11.7. The van der Waals surface area contributed by atoms with Crippen LogP contribution in [0.3, 0.4) is 0 Å². The fraction of sp³-hybridized carbons (Fsp3) is 0.286. The minimum atomic E-state index is -0.465. The van der Waals surface area contributed by atoms with Gasteiger partial charge in [0.05, 0.1) is 22.2 Å². The number of ether oxygens (including phenoxy) is 1. The van der Waals surface area contributed by atoms with Gasteiger partial charge in [-0.1, -0.05) is 12.1 Å². The van der Waals surface area contributed by atoms with Crippen LogP contribution in [-0.4, -0.2) is 36.3 Å². The zero-order chi connectivity index (χ0) is 21.5. The van der Waals surface area contributed by atoms with Gasteiger partial charge in [0.1, 0.15) is 10.9 Å². The van der Waals surface area contributed by atoms with E-state index in [4.69, 9.17) is 10.5 Å². The largest absolute Gasteiger partial charge is 0.397 e. The first-order valence-corrected chi connectivity index (χ1v) is 10.1. The van der Waals surface area contributed by atoms with Crippen LogP contribution in [0.25, 0.3) is 33.5 Å². The number of nitro groups is 1. The average Bonchev–Trinajstić information content (AvgIpc) is 3.35. The predicted molar refractivity (Wildman–Crippen MR) is 115 cm³/mol. The number of imidazole rings is 1. The average molecular weight is 419 g/mol. The molecule has 31 heavy (non-hydrogen) atoms. The Labute approximate surface area is 177 Å². The Bertz CT molecular complexity index is 1290. The molecule has 1 aromatic carbocycles. The predicted octanol–water partition coefficient (Wildman–Crippen LogP) is 3.99. The highest BCUT2D eigenvalue weighted by Gasteiger charge is 2.29. The van der Waals surface area contributed by atoms with Crippen LogP contribution in [0, 0.1) is 17.0 Å². The maximum atomic E-state index is 11.7. The molecule has 4 heterocycles. The second kappa shape index (κ2) is 7.47. The number of fused-ring (bicyclic) bond motifs is 1. The summed E-state index contributed by atoms with van der Waals surface area (Å²) in [5, 5.41) is 16.4. The van der Waals surface area contributed by atoms with Crippen LogP contribution < -0.4 is 5.73 Å². The fourth-order valence-electron chi connectivity index (χ4n) is 4.01. The molecule has 1 saturated heterocycles. The lowest BCUT2D eigenvalue weighted by atomic mass is 10.1. The molecule has 0 amide bonds. The molecule has 4 aromatic rings. The Kier molecular flexibility index (Phi) is 4.63. The van der Waals surface area contributed by atoms with Gasteiger partial charge in [0, 0.05) is 17.9 Å². The molecular weight excluding hydrogens is 398 g/mol. The van der Waals surface area contributed by atoms with E-state index in [0.29, 0.717) is 40.2 Å². The van der Waals surface area contributed by atoms with E-state index in [1.807, 2.05) is 37.3 Å². The van der Waals surface area contributed by atoms with E-state index in [2.05, 4.69) is 20.1 Å². The van der Waals surface area contributed by atoms with Crippen molar-refractivity contribution in [3.05, 3.63) is 52.2 Å². The van der Waals surface area contributed by atoms with Gasteiger partial charge in [0.15, 0.2) is 12.2 Å². The van der Waals surface area contributed by atoms with Crippen molar-refractivity contribution in [1.82, 2.24) is 24.7 Å². The van der Waals surface area contributed by atoms with Crippen LogP contribution >= 0.6 is 0 Å². The van der Waals surface area contributed by atoms with Crippen molar-refractivity contribution >= 4 is 22.7 Å². The minimum Gasteiger partial charge on any atom is -0.369 e. The van der Waals surface area contributed by atoms with Gasteiger partial charge in [-0.05, 0) is 55.4 Å². The lowest BCUT2D eigenvalue weighted by molar-refractivity contribution is -0.388. The van der Waals surface area contributed by atoms with E-state index < -0.39 is 4.92 Å². The van der Waals surface area contributed by atoms with Crippen molar-refractivity contribution in [3.8, 4) is 22.6 Å². The number of H-pyrrole nitrogens is 1. The molecule has 1 atom stereocenters. The lowest BCUT2D eigenvalue weighted by Gasteiger charge is -2.20. The summed E-state index contributed by atoms with van der Waals surface area (Å²) in [5.41, 5.74) is 10.1. The third-order valence-electron chi connectivity index (χ3n) is 5.43. The molecule has 0 radical (unpaired) electrons. The lowest BCUT2D eigenvalue weighted by Crippen LogP contribution is -2.19. The van der Waals surface area contributed by atoms with E-state index >= 15 is 0 Å². The van der Waals surface area contributed by atoms with Crippen molar-refractivity contribution in [2.45, 2.75) is 32.4 Å². The highest BCUT2D eigenvalue weighted by Crippen LogP contribution is 2.36. The first-order chi connectivity index (χ1) is 15.0. The zero-order valence-electron chi connectivity index (χ0n) is 16.9. The number of nitrogen functional groups attached to an aromatic ring is 1. The Morgan fingerprint density at radius 2 is 2.13 bits per heavy atom. The molecule has 1 fully saturated rings. The molecule has 0 saturated carbocycles.